The van der Waals surface area contributed by atoms with Gasteiger partial charge in [0, 0.05) is 31.0 Å². The number of piperidine rings is 1. The molecule has 1 fully saturated rings. The molecule has 0 N–H and O–H groups in total. The van der Waals surface area contributed by atoms with Crippen LogP contribution in [0.25, 0.3) is 0 Å². The molecule has 0 spiro atoms. The highest BCUT2D eigenvalue weighted by molar-refractivity contribution is 7.91. The third-order valence-electron chi connectivity index (χ3n) is 6.20. The summed E-state index contributed by atoms with van der Waals surface area (Å²) in [6.07, 6.45) is 0.448. The van der Waals surface area contributed by atoms with Gasteiger partial charge in [-0.1, -0.05) is 69.3 Å². The van der Waals surface area contributed by atoms with E-state index in [4.69, 9.17) is 0 Å². The first-order chi connectivity index (χ1) is 14.5. The maximum absolute atomic E-state index is 13.6. The first kappa shape index (κ1) is 23.2. The lowest BCUT2D eigenvalue weighted by atomic mass is 9.66. The molecule has 0 aliphatic carbocycles. The fraction of sp³-hybridized carbons (Fsp3) is 0.440. The molecule has 166 valence electrons. The van der Waals surface area contributed by atoms with E-state index in [-0.39, 0.29) is 52.6 Å². The molecule has 6 heteroatoms. The average Bonchev–Trinajstić information content (AvgIpc) is 2.74. The molecular weight excluding hydrogens is 410 g/mol. The van der Waals surface area contributed by atoms with E-state index in [9.17, 15) is 18.0 Å². The highest BCUT2D eigenvalue weighted by atomic mass is 32.2. The van der Waals surface area contributed by atoms with Crippen molar-refractivity contribution >= 4 is 21.5 Å². The van der Waals surface area contributed by atoms with Crippen LogP contribution >= 0.6 is 0 Å². The van der Waals surface area contributed by atoms with Gasteiger partial charge in [0.15, 0.2) is 15.6 Å². The number of nitrogens with zero attached hydrogens (tertiary/aromatic N) is 1. The Morgan fingerprint density at radius 1 is 1.00 bits per heavy atom. The van der Waals surface area contributed by atoms with E-state index in [2.05, 4.69) is 0 Å². The smallest absolute Gasteiger partial charge is 0.222 e. The Kier molecular flexibility index (Phi) is 6.70. The number of carbonyl (C=O) groups is 2. The van der Waals surface area contributed by atoms with Crippen molar-refractivity contribution in [3.8, 4) is 0 Å². The fourth-order valence-electron chi connectivity index (χ4n) is 4.75. The summed E-state index contributed by atoms with van der Waals surface area (Å²) in [5.74, 6) is -0.954. The SMILES string of the molecule is CN1C(=O)C[C@H](CCS(=O)(=O)c2ccccc2)C(C(=O)c2ccccc2)C1C(C)(C)C. The van der Waals surface area contributed by atoms with Crippen LogP contribution in [0.1, 0.15) is 44.0 Å². The minimum absolute atomic E-state index is 0.0259. The van der Waals surface area contributed by atoms with Gasteiger partial charge < -0.3 is 4.90 Å². The van der Waals surface area contributed by atoms with E-state index in [1.807, 2.05) is 39.0 Å². The summed E-state index contributed by atoms with van der Waals surface area (Å²) in [4.78, 5) is 28.4. The maximum atomic E-state index is 13.6. The Morgan fingerprint density at radius 2 is 1.55 bits per heavy atom. The molecule has 3 rings (SSSR count). The Hall–Kier alpha value is -2.47. The molecule has 0 radical (unpaired) electrons. The molecule has 1 amide bonds. The molecule has 0 aromatic heterocycles. The predicted molar refractivity (Wildman–Crippen MR) is 121 cm³/mol. The third-order valence-corrected chi connectivity index (χ3v) is 7.97. The molecule has 2 unspecified atom stereocenters. The number of rotatable bonds is 6. The number of Topliss-reactive ketones (excluding diaryl/α,β-unsaturated/α-hetero) is 1. The first-order valence-electron chi connectivity index (χ1n) is 10.6. The predicted octanol–water partition coefficient (Wildman–Crippen LogP) is 4.24. The van der Waals surface area contributed by atoms with E-state index >= 15 is 0 Å². The molecule has 1 heterocycles. The van der Waals surface area contributed by atoms with Crippen molar-refractivity contribution in [1.29, 1.82) is 0 Å². The average molecular weight is 442 g/mol. The normalized spacial score (nSPS) is 22.4. The molecule has 2 aromatic carbocycles. The van der Waals surface area contributed by atoms with Gasteiger partial charge in [0.05, 0.1) is 10.6 Å². The van der Waals surface area contributed by atoms with Gasteiger partial charge in [0.2, 0.25) is 5.91 Å². The molecular formula is C25H31NO4S. The molecule has 1 aliphatic rings. The second kappa shape index (κ2) is 8.95. The molecule has 1 aliphatic heterocycles. The van der Waals surface area contributed by atoms with Crippen LogP contribution in [0.15, 0.2) is 65.6 Å². The number of benzene rings is 2. The summed E-state index contributed by atoms with van der Waals surface area (Å²) in [5.41, 5.74) is 0.261. The van der Waals surface area contributed by atoms with E-state index in [0.717, 1.165) is 0 Å². The molecule has 5 nitrogen and oxygen atoms in total. The summed E-state index contributed by atoms with van der Waals surface area (Å²) in [7, 11) is -1.74. The standard InChI is InChI=1S/C25H31NO4S/c1-25(2,3)24-22(23(28)18-11-7-5-8-12-18)19(17-21(27)26(24)4)15-16-31(29,30)20-13-9-6-10-14-20/h5-14,19,22,24H,15-17H2,1-4H3/t19-,22?,24?/m0/s1. The topological polar surface area (TPSA) is 71.5 Å². The van der Waals surface area contributed by atoms with Gasteiger partial charge in [-0.25, -0.2) is 8.42 Å². The highest BCUT2D eigenvalue weighted by Crippen LogP contribution is 2.42. The Balaban J connectivity index is 1.95. The number of hydrogen-bond acceptors (Lipinski definition) is 4. The van der Waals surface area contributed by atoms with Crippen LogP contribution in [-0.4, -0.2) is 43.9 Å². The number of sulfone groups is 1. The molecule has 0 saturated carbocycles. The lowest BCUT2D eigenvalue weighted by Crippen LogP contribution is -2.58. The first-order valence-corrected chi connectivity index (χ1v) is 12.3. The largest absolute Gasteiger partial charge is 0.341 e. The summed E-state index contributed by atoms with van der Waals surface area (Å²) >= 11 is 0. The van der Waals surface area contributed by atoms with Gasteiger partial charge in [-0.2, -0.15) is 0 Å². The van der Waals surface area contributed by atoms with Gasteiger partial charge in [0.1, 0.15) is 0 Å². The van der Waals surface area contributed by atoms with Crippen LogP contribution in [0, 0.1) is 17.3 Å². The lowest BCUT2D eigenvalue weighted by Gasteiger charge is -2.49. The van der Waals surface area contributed by atoms with Crippen LogP contribution in [0.5, 0.6) is 0 Å². The number of likely N-dealkylation sites (tertiary alicyclic amines) is 1. The van der Waals surface area contributed by atoms with Gasteiger partial charge in [0.25, 0.3) is 0 Å². The van der Waals surface area contributed by atoms with E-state index in [0.29, 0.717) is 5.56 Å². The summed E-state index contributed by atoms with van der Waals surface area (Å²) in [6.45, 7) is 6.07. The van der Waals surface area contributed by atoms with Crippen molar-refractivity contribution in [2.75, 3.05) is 12.8 Å². The molecule has 3 atom stereocenters. The minimum atomic E-state index is -3.49. The monoisotopic (exact) mass is 441 g/mol. The van der Waals surface area contributed by atoms with Crippen LogP contribution in [-0.2, 0) is 14.6 Å². The number of ketones is 1. The van der Waals surface area contributed by atoms with E-state index < -0.39 is 15.8 Å². The Bertz CT molecular complexity index is 1030. The molecule has 1 saturated heterocycles. The lowest BCUT2D eigenvalue weighted by molar-refractivity contribution is -0.142. The van der Waals surface area contributed by atoms with Crippen LogP contribution < -0.4 is 0 Å². The second-order valence-corrected chi connectivity index (χ2v) is 11.6. The Morgan fingerprint density at radius 3 is 2.10 bits per heavy atom. The molecule has 0 bridgehead atoms. The van der Waals surface area contributed by atoms with Crippen molar-refractivity contribution in [3.05, 3.63) is 66.2 Å². The fourth-order valence-corrected chi connectivity index (χ4v) is 6.18. The van der Waals surface area contributed by atoms with Gasteiger partial charge >= 0.3 is 0 Å². The summed E-state index contributed by atoms with van der Waals surface area (Å²) in [6, 6.07) is 17.1. The van der Waals surface area contributed by atoms with Crippen molar-refractivity contribution in [1.82, 2.24) is 4.90 Å². The van der Waals surface area contributed by atoms with Crippen molar-refractivity contribution in [2.24, 2.45) is 17.3 Å². The van der Waals surface area contributed by atoms with Crippen molar-refractivity contribution in [3.63, 3.8) is 0 Å². The number of carbonyl (C=O) groups excluding carboxylic acids is 2. The summed E-state index contributed by atoms with van der Waals surface area (Å²) < 4.78 is 25.7. The second-order valence-electron chi connectivity index (χ2n) is 9.46. The van der Waals surface area contributed by atoms with Crippen LogP contribution in [0.2, 0.25) is 0 Å². The van der Waals surface area contributed by atoms with Crippen LogP contribution in [0.3, 0.4) is 0 Å². The van der Waals surface area contributed by atoms with Crippen LogP contribution in [0.4, 0.5) is 0 Å². The zero-order valence-corrected chi connectivity index (χ0v) is 19.4. The maximum Gasteiger partial charge on any atom is 0.222 e. The molecule has 2 aromatic rings. The third kappa shape index (κ3) is 5.06. The zero-order valence-electron chi connectivity index (χ0n) is 18.6. The van der Waals surface area contributed by atoms with E-state index in [1.54, 1.807) is 54.4 Å². The highest BCUT2D eigenvalue weighted by Gasteiger charge is 2.49. The van der Waals surface area contributed by atoms with Crippen molar-refractivity contribution in [2.45, 2.75) is 44.6 Å². The van der Waals surface area contributed by atoms with E-state index in [1.165, 1.54) is 0 Å². The van der Waals surface area contributed by atoms with Crippen molar-refractivity contribution < 1.29 is 18.0 Å². The Labute approximate surface area is 185 Å². The quantitative estimate of drug-likeness (QED) is 0.629. The molecule has 31 heavy (non-hydrogen) atoms. The minimum Gasteiger partial charge on any atom is -0.341 e. The van der Waals surface area contributed by atoms with Gasteiger partial charge in [-0.15, -0.1) is 0 Å². The van der Waals surface area contributed by atoms with Gasteiger partial charge in [-0.3, -0.25) is 9.59 Å². The zero-order chi connectivity index (χ0) is 22.8. The summed E-state index contributed by atoms with van der Waals surface area (Å²) in [5, 5.41) is 0. The number of amides is 1. The number of hydrogen-bond donors (Lipinski definition) is 0. The van der Waals surface area contributed by atoms with Gasteiger partial charge in [-0.05, 0) is 29.9 Å².